The Morgan fingerprint density at radius 2 is 2.12 bits per heavy atom. The van der Waals surface area contributed by atoms with E-state index in [0.717, 1.165) is 21.5 Å². The molecule has 2 aromatic heterocycles. The second kappa shape index (κ2) is 4.79. The maximum atomic E-state index is 5.78. The third-order valence-electron chi connectivity index (χ3n) is 2.28. The molecule has 0 spiro atoms. The Bertz CT molecular complexity index is 522. The van der Waals surface area contributed by atoms with Crippen molar-refractivity contribution in [3.05, 3.63) is 30.0 Å². The van der Waals surface area contributed by atoms with Crippen LogP contribution in [0.15, 0.2) is 32.7 Å². The minimum absolute atomic E-state index is 0.267. The highest BCUT2D eigenvalue weighted by Gasteiger charge is 2.09. The summed E-state index contributed by atoms with van der Waals surface area (Å²) in [5.41, 5.74) is 5.78. The number of aryl methyl sites for hydroxylation is 1. The summed E-state index contributed by atoms with van der Waals surface area (Å²) in [6.07, 6.45) is 1.67. The second-order valence-electron chi connectivity index (χ2n) is 4.09. The number of nitrogens with two attached hydrogens (primary N) is 1. The molecule has 0 amide bonds. The van der Waals surface area contributed by atoms with E-state index < -0.39 is 0 Å². The summed E-state index contributed by atoms with van der Waals surface area (Å²) in [5, 5.41) is 0.853. The van der Waals surface area contributed by atoms with Gasteiger partial charge in [0.05, 0.1) is 11.2 Å². The number of nitrogen functional groups attached to an aromatic ring is 1. The van der Waals surface area contributed by atoms with E-state index in [1.807, 2.05) is 26.8 Å². The van der Waals surface area contributed by atoms with Crippen molar-refractivity contribution < 1.29 is 4.42 Å². The van der Waals surface area contributed by atoms with Gasteiger partial charge in [0.15, 0.2) is 0 Å². The summed E-state index contributed by atoms with van der Waals surface area (Å²) in [5.74, 6) is 2.43. The van der Waals surface area contributed by atoms with Crippen molar-refractivity contribution >= 4 is 17.6 Å². The Balaban J connectivity index is 2.30. The van der Waals surface area contributed by atoms with Crippen molar-refractivity contribution in [1.82, 2.24) is 9.97 Å². The van der Waals surface area contributed by atoms with Gasteiger partial charge in [0.25, 0.3) is 0 Å². The number of furan rings is 1. The van der Waals surface area contributed by atoms with Crippen LogP contribution in [-0.4, -0.2) is 9.97 Å². The Morgan fingerprint density at radius 1 is 1.35 bits per heavy atom. The van der Waals surface area contributed by atoms with E-state index in [0.29, 0.717) is 5.82 Å². The molecule has 0 fully saturated rings. The molecule has 0 saturated heterocycles. The third kappa shape index (κ3) is 2.79. The van der Waals surface area contributed by atoms with E-state index in [4.69, 9.17) is 10.2 Å². The van der Waals surface area contributed by atoms with Gasteiger partial charge < -0.3 is 10.2 Å². The summed E-state index contributed by atoms with van der Waals surface area (Å²) in [6.45, 7) is 6.02. The molecule has 5 heteroatoms. The molecular weight excluding hydrogens is 234 g/mol. The third-order valence-corrected chi connectivity index (χ3v) is 3.34. The van der Waals surface area contributed by atoms with Crippen LogP contribution < -0.4 is 5.73 Å². The summed E-state index contributed by atoms with van der Waals surface area (Å²) >= 11 is 1.54. The van der Waals surface area contributed by atoms with Gasteiger partial charge >= 0.3 is 0 Å². The van der Waals surface area contributed by atoms with Gasteiger partial charge in [-0.05, 0) is 13.0 Å². The average molecular weight is 249 g/mol. The molecule has 0 unspecified atom stereocenters. The fourth-order valence-corrected chi connectivity index (χ4v) is 2.22. The Morgan fingerprint density at radius 3 is 2.71 bits per heavy atom. The van der Waals surface area contributed by atoms with Crippen LogP contribution in [0.5, 0.6) is 0 Å². The fraction of sp³-hybridized carbons (Fsp3) is 0.333. The highest BCUT2D eigenvalue weighted by molar-refractivity contribution is 7.99. The van der Waals surface area contributed by atoms with Crippen LogP contribution in [0.1, 0.15) is 31.4 Å². The first kappa shape index (κ1) is 12.0. The second-order valence-corrected chi connectivity index (χ2v) is 5.15. The van der Waals surface area contributed by atoms with E-state index in [1.54, 1.807) is 24.1 Å². The monoisotopic (exact) mass is 249 g/mol. The molecular formula is C12H15N3OS. The van der Waals surface area contributed by atoms with Crippen LogP contribution in [0, 0.1) is 6.92 Å². The summed E-state index contributed by atoms with van der Waals surface area (Å²) in [4.78, 5) is 9.75. The predicted octanol–water partition coefficient (Wildman–Crippen LogP) is 3.23. The smallest absolute Gasteiger partial charge is 0.134 e. The van der Waals surface area contributed by atoms with Crippen molar-refractivity contribution in [2.45, 2.75) is 36.6 Å². The van der Waals surface area contributed by atoms with E-state index >= 15 is 0 Å². The first-order valence-corrected chi connectivity index (χ1v) is 6.24. The molecule has 0 radical (unpaired) electrons. The van der Waals surface area contributed by atoms with Crippen LogP contribution in [0.3, 0.4) is 0 Å². The zero-order valence-electron chi connectivity index (χ0n) is 10.1. The number of aromatic nitrogens is 2. The lowest BCUT2D eigenvalue weighted by molar-refractivity contribution is 0.527. The van der Waals surface area contributed by atoms with Crippen LogP contribution >= 0.6 is 11.8 Å². The minimum Gasteiger partial charge on any atom is -0.468 e. The summed E-state index contributed by atoms with van der Waals surface area (Å²) in [6, 6.07) is 3.70. The number of nitrogens with zero attached hydrogens (tertiary/aromatic N) is 2. The van der Waals surface area contributed by atoms with Gasteiger partial charge in [-0.2, -0.15) is 0 Å². The van der Waals surface area contributed by atoms with E-state index in [-0.39, 0.29) is 5.92 Å². The number of hydrogen-bond acceptors (Lipinski definition) is 5. The zero-order chi connectivity index (χ0) is 12.4. The maximum Gasteiger partial charge on any atom is 0.134 e. The van der Waals surface area contributed by atoms with E-state index in [2.05, 4.69) is 9.97 Å². The standard InChI is InChI=1S/C12H15N3OS/c1-7(2)12-14-10(13)6-11(15-12)17-9-4-5-16-8(9)3/h4-7H,1-3H3,(H2,13,14,15). The van der Waals surface area contributed by atoms with Crippen molar-refractivity contribution in [1.29, 1.82) is 0 Å². The molecule has 2 rings (SSSR count). The average Bonchev–Trinajstić information content (AvgIpc) is 2.63. The van der Waals surface area contributed by atoms with Crippen LogP contribution in [0.25, 0.3) is 0 Å². The molecule has 0 aliphatic carbocycles. The highest BCUT2D eigenvalue weighted by atomic mass is 32.2. The van der Waals surface area contributed by atoms with Crippen molar-refractivity contribution in [3.63, 3.8) is 0 Å². The van der Waals surface area contributed by atoms with Crippen LogP contribution in [0.2, 0.25) is 0 Å². The molecule has 0 aromatic carbocycles. The molecule has 2 heterocycles. The lowest BCUT2D eigenvalue weighted by Gasteiger charge is -2.07. The van der Waals surface area contributed by atoms with Gasteiger partial charge in [-0.3, -0.25) is 0 Å². The quantitative estimate of drug-likeness (QED) is 0.846. The Labute approximate surface area is 105 Å². The number of hydrogen-bond donors (Lipinski definition) is 1. The number of rotatable bonds is 3. The van der Waals surface area contributed by atoms with Gasteiger partial charge in [0, 0.05) is 12.0 Å². The maximum absolute atomic E-state index is 5.78. The fourth-order valence-electron chi connectivity index (χ4n) is 1.36. The molecule has 0 saturated carbocycles. The first-order valence-electron chi connectivity index (χ1n) is 5.42. The van der Waals surface area contributed by atoms with Crippen molar-refractivity contribution in [2.24, 2.45) is 0 Å². The summed E-state index contributed by atoms with van der Waals surface area (Å²) in [7, 11) is 0. The highest BCUT2D eigenvalue weighted by Crippen LogP contribution is 2.30. The minimum atomic E-state index is 0.267. The van der Waals surface area contributed by atoms with Gasteiger partial charge in [-0.1, -0.05) is 25.6 Å². The van der Waals surface area contributed by atoms with Crippen molar-refractivity contribution in [3.8, 4) is 0 Å². The van der Waals surface area contributed by atoms with E-state index in [9.17, 15) is 0 Å². The van der Waals surface area contributed by atoms with Gasteiger partial charge in [-0.25, -0.2) is 9.97 Å². The molecule has 4 nitrogen and oxygen atoms in total. The topological polar surface area (TPSA) is 64.9 Å². The molecule has 90 valence electrons. The SMILES string of the molecule is Cc1occc1Sc1cc(N)nc(C(C)C)n1. The Kier molecular flexibility index (Phi) is 3.38. The molecule has 0 aliphatic rings. The molecule has 2 aromatic rings. The first-order chi connectivity index (χ1) is 8.06. The summed E-state index contributed by atoms with van der Waals surface area (Å²) < 4.78 is 5.25. The molecule has 17 heavy (non-hydrogen) atoms. The lowest BCUT2D eigenvalue weighted by Crippen LogP contribution is -2.02. The molecule has 0 bridgehead atoms. The number of anilines is 1. The molecule has 0 atom stereocenters. The van der Waals surface area contributed by atoms with Crippen molar-refractivity contribution in [2.75, 3.05) is 5.73 Å². The predicted molar refractivity (Wildman–Crippen MR) is 68.1 cm³/mol. The molecule has 0 aliphatic heterocycles. The van der Waals surface area contributed by atoms with Gasteiger partial charge in [0.1, 0.15) is 22.4 Å². The van der Waals surface area contributed by atoms with Gasteiger partial charge in [-0.15, -0.1) is 0 Å². The Hall–Kier alpha value is -1.49. The van der Waals surface area contributed by atoms with Crippen LogP contribution in [-0.2, 0) is 0 Å². The van der Waals surface area contributed by atoms with Crippen LogP contribution in [0.4, 0.5) is 5.82 Å². The largest absolute Gasteiger partial charge is 0.468 e. The molecule has 2 N–H and O–H groups in total. The normalized spacial score (nSPS) is 11.1. The van der Waals surface area contributed by atoms with Gasteiger partial charge in [0.2, 0.25) is 0 Å². The van der Waals surface area contributed by atoms with E-state index in [1.165, 1.54) is 0 Å². The zero-order valence-corrected chi connectivity index (χ0v) is 10.9. The lowest BCUT2D eigenvalue weighted by atomic mass is 10.2.